The average molecular weight is 236 g/mol. The van der Waals surface area contributed by atoms with Gasteiger partial charge in [0, 0.05) is 13.2 Å². The third kappa shape index (κ3) is 2.91. The quantitative estimate of drug-likeness (QED) is 0.790. The van der Waals surface area contributed by atoms with Gasteiger partial charge in [0.25, 0.3) is 5.91 Å². The topological polar surface area (TPSA) is 90.1 Å². The Balaban J connectivity index is 1.91. The predicted octanol–water partition coefficient (Wildman–Crippen LogP) is 0.356. The zero-order valence-corrected chi connectivity index (χ0v) is 9.72. The number of carbonyl (C=O) groups excluding carboxylic acids is 1. The van der Waals surface area contributed by atoms with E-state index in [0.717, 1.165) is 19.3 Å². The van der Waals surface area contributed by atoms with Gasteiger partial charge in [-0.1, -0.05) is 0 Å². The van der Waals surface area contributed by atoms with E-state index in [0.29, 0.717) is 11.5 Å². The highest BCUT2D eigenvalue weighted by Gasteiger charge is 2.26. The summed E-state index contributed by atoms with van der Waals surface area (Å²) in [7, 11) is 1.69. The van der Waals surface area contributed by atoms with Gasteiger partial charge in [-0.3, -0.25) is 4.79 Å². The van der Waals surface area contributed by atoms with Gasteiger partial charge in [-0.2, -0.15) is 0 Å². The van der Waals surface area contributed by atoms with E-state index in [1.165, 1.54) is 0 Å². The van der Waals surface area contributed by atoms with Crippen LogP contribution in [0.2, 0.25) is 0 Å². The second kappa shape index (κ2) is 5.09. The standard InChI is InChI=1S/C11H16N4O2/c1-17-8-3-2-7(6-8)13-11(16)9-4-5-10(12)15-14-9/h4-5,7-8H,2-3,6H2,1H3,(H2,12,15)(H,13,16). The molecule has 6 nitrogen and oxygen atoms in total. The van der Waals surface area contributed by atoms with Crippen LogP contribution < -0.4 is 11.1 Å². The molecule has 1 fully saturated rings. The number of methoxy groups -OCH3 is 1. The zero-order valence-electron chi connectivity index (χ0n) is 9.72. The van der Waals surface area contributed by atoms with Gasteiger partial charge >= 0.3 is 0 Å². The lowest BCUT2D eigenvalue weighted by molar-refractivity contribution is 0.0909. The first-order valence-electron chi connectivity index (χ1n) is 5.62. The Hall–Kier alpha value is -1.69. The van der Waals surface area contributed by atoms with Gasteiger partial charge in [-0.25, -0.2) is 0 Å². The van der Waals surface area contributed by atoms with Crippen LogP contribution in [0.5, 0.6) is 0 Å². The Morgan fingerprint density at radius 3 is 2.88 bits per heavy atom. The van der Waals surface area contributed by atoms with Crippen LogP contribution in [0.4, 0.5) is 5.82 Å². The second-order valence-electron chi connectivity index (χ2n) is 4.18. The number of nitrogens with one attached hydrogen (secondary N) is 1. The number of ether oxygens (including phenoxy) is 1. The molecule has 3 N–H and O–H groups in total. The van der Waals surface area contributed by atoms with Crippen molar-refractivity contribution in [1.29, 1.82) is 0 Å². The Labute approximate surface area is 99.6 Å². The largest absolute Gasteiger partial charge is 0.382 e. The third-order valence-corrected chi connectivity index (χ3v) is 2.97. The number of nitrogens with two attached hydrogens (primary N) is 1. The fourth-order valence-corrected chi connectivity index (χ4v) is 2.01. The molecule has 1 aliphatic rings. The molecule has 0 aliphatic heterocycles. The Morgan fingerprint density at radius 1 is 1.47 bits per heavy atom. The summed E-state index contributed by atoms with van der Waals surface area (Å²) >= 11 is 0. The molecule has 6 heteroatoms. The number of amides is 1. The van der Waals surface area contributed by atoms with Crippen LogP contribution in [0.25, 0.3) is 0 Å². The smallest absolute Gasteiger partial charge is 0.272 e. The van der Waals surface area contributed by atoms with Crippen LogP contribution in [0, 0.1) is 0 Å². The van der Waals surface area contributed by atoms with Crippen molar-refractivity contribution < 1.29 is 9.53 Å². The molecule has 1 aromatic heterocycles. The van der Waals surface area contributed by atoms with Gasteiger partial charge in [0.1, 0.15) is 5.82 Å². The van der Waals surface area contributed by atoms with Gasteiger partial charge < -0.3 is 15.8 Å². The first-order valence-corrected chi connectivity index (χ1v) is 5.62. The first-order chi connectivity index (χ1) is 8.19. The molecule has 1 aliphatic carbocycles. The van der Waals surface area contributed by atoms with Gasteiger partial charge in [-0.05, 0) is 31.4 Å². The molecule has 0 saturated heterocycles. The molecule has 2 atom stereocenters. The molecule has 0 bridgehead atoms. The summed E-state index contributed by atoms with van der Waals surface area (Å²) in [6.07, 6.45) is 3.02. The molecular weight excluding hydrogens is 220 g/mol. The van der Waals surface area contributed by atoms with Crippen molar-refractivity contribution in [3.8, 4) is 0 Å². The second-order valence-corrected chi connectivity index (χ2v) is 4.18. The van der Waals surface area contributed by atoms with Gasteiger partial charge in [0.05, 0.1) is 6.10 Å². The maximum Gasteiger partial charge on any atom is 0.272 e. The van der Waals surface area contributed by atoms with Crippen LogP contribution in [-0.4, -0.2) is 35.4 Å². The molecule has 1 heterocycles. The van der Waals surface area contributed by atoms with Crippen LogP contribution >= 0.6 is 0 Å². The lowest BCUT2D eigenvalue weighted by atomic mass is 10.2. The molecule has 1 amide bonds. The molecule has 1 saturated carbocycles. The molecule has 92 valence electrons. The van der Waals surface area contributed by atoms with Gasteiger partial charge in [0.15, 0.2) is 5.69 Å². The number of nitrogen functional groups attached to an aromatic ring is 1. The number of nitrogens with zero attached hydrogens (tertiary/aromatic N) is 2. The number of aromatic nitrogens is 2. The van der Waals surface area contributed by atoms with E-state index in [2.05, 4.69) is 15.5 Å². The monoisotopic (exact) mass is 236 g/mol. The van der Waals surface area contributed by atoms with Crippen molar-refractivity contribution in [2.45, 2.75) is 31.4 Å². The van der Waals surface area contributed by atoms with Crippen molar-refractivity contribution in [3.05, 3.63) is 17.8 Å². The van der Waals surface area contributed by atoms with E-state index in [1.807, 2.05) is 0 Å². The van der Waals surface area contributed by atoms with Gasteiger partial charge in [-0.15, -0.1) is 10.2 Å². The molecule has 2 unspecified atom stereocenters. The summed E-state index contributed by atoms with van der Waals surface area (Å²) in [5, 5.41) is 10.3. The molecule has 0 aromatic carbocycles. The first kappa shape index (κ1) is 11.8. The minimum atomic E-state index is -0.209. The Kier molecular flexibility index (Phi) is 3.53. The molecule has 17 heavy (non-hydrogen) atoms. The number of rotatable bonds is 3. The van der Waals surface area contributed by atoms with Crippen molar-refractivity contribution in [3.63, 3.8) is 0 Å². The summed E-state index contributed by atoms with van der Waals surface area (Å²) < 4.78 is 5.25. The number of anilines is 1. The van der Waals surface area contributed by atoms with E-state index in [9.17, 15) is 4.79 Å². The lowest BCUT2D eigenvalue weighted by Crippen LogP contribution is -2.34. The number of hydrogen-bond donors (Lipinski definition) is 2. The molecular formula is C11H16N4O2. The third-order valence-electron chi connectivity index (χ3n) is 2.97. The molecule has 0 radical (unpaired) electrons. The predicted molar refractivity (Wildman–Crippen MR) is 62.3 cm³/mol. The molecule has 1 aromatic rings. The highest BCUT2D eigenvalue weighted by atomic mass is 16.5. The highest BCUT2D eigenvalue weighted by Crippen LogP contribution is 2.21. The Bertz CT molecular complexity index is 393. The number of hydrogen-bond acceptors (Lipinski definition) is 5. The maximum absolute atomic E-state index is 11.8. The van der Waals surface area contributed by atoms with Crippen molar-refractivity contribution in [2.24, 2.45) is 0 Å². The minimum Gasteiger partial charge on any atom is -0.382 e. The van der Waals surface area contributed by atoms with Crippen molar-refractivity contribution >= 4 is 11.7 Å². The molecule has 0 spiro atoms. The summed E-state index contributed by atoms with van der Waals surface area (Å²) in [5.41, 5.74) is 5.70. The highest BCUT2D eigenvalue weighted by molar-refractivity contribution is 5.92. The van der Waals surface area contributed by atoms with Crippen LogP contribution in [-0.2, 0) is 4.74 Å². The summed E-state index contributed by atoms with van der Waals surface area (Å²) in [6.45, 7) is 0. The molecule has 2 rings (SSSR count). The fraction of sp³-hybridized carbons (Fsp3) is 0.545. The normalized spacial score (nSPS) is 23.6. The lowest BCUT2D eigenvalue weighted by Gasteiger charge is -2.12. The van der Waals surface area contributed by atoms with E-state index in [4.69, 9.17) is 10.5 Å². The van der Waals surface area contributed by atoms with E-state index >= 15 is 0 Å². The van der Waals surface area contributed by atoms with Crippen molar-refractivity contribution in [1.82, 2.24) is 15.5 Å². The SMILES string of the molecule is COC1CCC(NC(=O)c2ccc(N)nn2)C1. The zero-order chi connectivity index (χ0) is 12.3. The minimum absolute atomic E-state index is 0.159. The summed E-state index contributed by atoms with van der Waals surface area (Å²) in [5.74, 6) is 0.0983. The maximum atomic E-state index is 11.8. The fourth-order valence-electron chi connectivity index (χ4n) is 2.01. The average Bonchev–Trinajstić information content (AvgIpc) is 2.77. The van der Waals surface area contributed by atoms with Crippen molar-refractivity contribution in [2.75, 3.05) is 12.8 Å². The van der Waals surface area contributed by atoms with E-state index in [1.54, 1.807) is 19.2 Å². The van der Waals surface area contributed by atoms with E-state index < -0.39 is 0 Å². The summed E-state index contributed by atoms with van der Waals surface area (Å²) in [4.78, 5) is 11.8. The van der Waals surface area contributed by atoms with Crippen LogP contribution in [0.3, 0.4) is 0 Å². The van der Waals surface area contributed by atoms with Gasteiger partial charge in [0.2, 0.25) is 0 Å². The number of carbonyl (C=O) groups is 1. The van der Waals surface area contributed by atoms with E-state index in [-0.39, 0.29) is 18.1 Å². The van der Waals surface area contributed by atoms with Crippen LogP contribution in [0.1, 0.15) is 29.8 Å². The summed E-state index contributed by atoms with van der Waals surface area (Å²) in [6, 6.07) is 3.29. The van der Waals surface area contributed by atoms with Crippen LogP contribution in [0.15, 0.2) is 12.1 Å². The Morgan fingerprint density at radius 2 is 2.29 bits per heavy atom.